The Morgan fingerprint density at radius 1 is 1.24 bits per heavy atom. The van der Waals surface area contributed by atoms with Crippen molar-refractivity contribution < 1.29 is 23.9 Å². The smallest absolute Gasteiger partial charge is 0.319 e. The van der Waals surface area contributed by atoms with E-state index in [4.69, 9.17) is 9.47 Å². The highest BCUT2D eigenvalue weighted by atomic mass is 16.5. The summed E-state index contributed by atoms with van der Waals surface area (Å²) in [5, 5.41) is 0. The highest BCUT2D eigenvalue weighted by Crippen LogP contribution is 2.41. The Labute approximate surface area is 151 Å². The van der Waals surface area contributed by atoms with Crippen molar-refractivity contribution in [1.29, 1.82) is 0 Å². The minimum absolute atomic E-state index is 0.0314. The van der Waals surface area contributed by atoms with Gasteiger partial charge >= 0.3 is 11.9 Å². The molecule has 0 N–H and O–H groups in total. The van der Waals surface area contributed by atoms with Crippen molar-refractivity contribution >= 4 is 17.7 Å². The van der Waals surface area contributed by atoms with Gasteiger partial charge in [0, 0.05) is 6.42 Å². The predicted octanol–water partition coefficient (Wildman–Crippen LogP) is 4.22. The quantitative estimate of drug-likeness (QED) is 0.334. The first-order valence-corrected chi connectivity index (χ1v) is 9.53. The van der Waals surface area contributed by atoms with Gasteiger partial charge in [-0.1, -0.05) is 26.7 Å². The largest absolute Gasteiger partial charge is 0.466 e. The fourth-order valence-electron chi connectivity index (χ4n) is 3.56. The molecule has 0 aromatic heterocycles. The molecule has 1 saturated carbocycles. The summed E-state index contributed by atoms with van der Waals surface area (Å²) in [6, 6.07) is 0. The number of carbonyl (C=O) groups is 3. The van der Waals surface area contributed by atoms with Crippen molar-refractivity contribution in [2.45, 2.75) is 92.1 Å². The van der Waals surface area contributed by atoms with E-state index in [0.717, 1.165) is 25.7 Å². The molecule has 0 spiro atoms. The zero-order valence-corrected chi connectivity index (χ0v) is 16.5. The third kappa shape index (κ3) is 6.44. The molecule has 0 heterocycles. The van der Waals surface area contributed by atoms with Crippen LogP contribution in [0.15, 0.2) is 0 Å². The molecule has 0 aromatic rings. The molecule has 1 atom stereocenters. The number of hydrogen-bond donors (Lipinski definition) is 0. The molecule has 1 aliphatic rings. The Kier molecular flexibility index (Phi) is 8.10. The van der Waals surface area contributed by atoms with Gasteiger partial charge in [0.1, 0.15) is 11.2 Å². The molecular formula is C20H34O5. The molecule has 25 heavy (non-hydrogen) atoms. The highest BCUT2D eigenvalue weighted by molar-refractivity contribution is 6.05. The standard InChI is InChI=1S/C20H34O5/c1-6-24-17(22)14-19(4,5)11-7-8-12-20(13-9-10-16(20)21)18(23)25-15(2)3/h15H,6-14H2,1-5H3. The molecule has 1 rings (SSSR count). The molecule has 0 bridgehead atoms. The number of ether oxygens (including phenoxy) is 2. The van der Waals surface area contributed by atoms with E-state index in [9.17, 15) is 14.4 Å². The number of ketones is 1. The molecule has 1 unspecified atom stereocenters. The van der Waals surface area contributed by atoms with Crippen LogP contribution in [0.25, 0.3) is 0 Å². The van der Waals surface area contributed by atoms with Crippen molar-refractivity contribution in [3.8, 4) is 0 Å². The average Bonchev–Trinajstić information content (AvgIpc) is 2.85. The van der Waals surface area contributed by atoms with Gasteiger partial charge in [0.15, 0.2) is 0 Å². The second-order valence-electron chi connectivity index (χ2n) is 8.17. The second-order valence-corrected chi connectivity index (χ2v) is 8.17. The van der Waals surface area contributed by atoms with E-state index in [1.54, 1.807) is 6.92 Å². The van der Waals surface area contributed by atoms with Gasteiger partial charge in [-0.25, -0.2) is 0 Å². The first kappa shape index (κ1) is 21.7. The monoisotopic (exact) mass is 354 g/mol. The summed E-state index contributed by atoms with van der Waals surface area (Å²) < 4.78 is 10.4. The summed E-state index contributed by atoms with van der Waals surface area (Å²) in [7, 11) is 0. The SMILES string of the molecule is CCOC(=O)CC(C)(C)CCCCC1(C(=O)OC(C)C)CCCC1=O. The van der Waals surface area contributed by atoms with Crippen LogP contribution in [0.5, 0.6) is 0 Å². The highest BCUT2D eigenvalue weighted by Gasteiger charge is 2.49. The molecule has 5 heteroatoms. The van der Waals surface area contributed by atoms with Crippen molar-refractivity contribution in [2.24, 2.45) is 10.8 Å². The van der Waals surface area contributed by atoms with Crippen molar-refractivity contribution in [1.82, 2.24) is 0 Å². The van der Waals surface area contributed by atoms with Crippen LogP contribution in [-0.2, 0) is 23.9 Å². The lowest BCUT2D eigenvalue weighted by atomic mass is 9.78. The Morgan fingerprint density at radius 2 is 1.92 bits per heavy atom. The summed E-state index contributed by atoms with van der Waals surface area (Å²) in [5.41, 5.74) is -1.08. The van der Waals surface area contributed by atoms with Crippen LogP contribution in [0, 0.1) is 10.8 Å². The van der Waals surface area contributed by atoms with Crippen LogP contribution < -0.4 is 0 Å². The number of rotatable bonds is 10. The molecule has 0 saturated heterocycles. The fraction of sp³-hybridized carbons (Fsp3) is 0.850. The maximum absolute atomic E-state index is 12.5. The maximum Gasteiger partial charge on any atom is 0.319 e. The van der Waals surface area contributed by atoms with Crippen molar-refractivity contribution in [2.75, 3.05) is 6.61 Å². The minimum atomic E-state index is -0.935. The Morgan fingerprint density at radius 3 is 2.44 bits per heavy atom. The molecule has 0 aromatic carbocycles. The van der Waals surface area contributed by atoms with Crippen molar-refractivity contribution in [3.05, 3.63) is 0 Å². The number of Topliss-reactive ketones (excluding diaryl/α,β-unsaturated/α-hetero) is 1. The third-order valence-electron chi connectivity index (χ3n) is 4.91. The summed E-state index contributed by atoms with van der Waals surface area (Å²) >= 11 is 0. The van der Waals surface area contributed by atoms with Gasteiger partial charge in [0.05, 0.1) is 19.1 Å². The summed E-state index contributed by atoms with van der Waals surface area (Å²) in [6.07, 6.45) is 5.08. The van der Waals surface area contributed by atoms with E-state index in [0.29, 0.717) is 32.3 Å². The zero-order chi connectivity index (χ0) is 19.1. The third-order valence-corrected chi connectivity index (χ3v) is 4.91. The van der Waals surface area contributed by atoms with Crippen LogP contribution in [0.3, 0.4) is 0 Å². The molecule has 1 aliphatic carbocycles. The van der Waals surface area contributed by atoms with Crippen molar-refractivity contribution in [3.63, 3.8) is 0 Å². The van der Waals surface area contributed by atoms with Crippen LogP contribution in [0.4, 0.5) is 0 Å². The van der Waals surface area contributed by atoms with Gasteiger partial charge in [0.25, 0.3) is 0 Å². The Balaban J connectivity index is 2.54. The Bertz CT molecular complexity index is 480. The average molecular weight is 354 g/mol. The van der Waals surface area contributed by atoms with E-state index in [-0.39, 0.29) is 29.2 Å². The van der Waals surface area contributed by atoms with Gasteiger partial charge in [-0.15, -0.1) is 0 Å². The van der Waals surface area contributed by atoms with Gasteiger partial charge in [-0.3, -0.25) is 14.4 Å². The lowest BCUT2D eigenvalue weighted by Crippen LogP contribution is -2.38. The van der Waals surface area contributed by atoms with Gasteiger partial charge in [-0.05, 0) is 51.9 Å². The number of carbonyl (C=O) groups excluding carboxylic acids is 3. The maximum atomic E-state index is 12.5. The zero-order valence-electron chi connectivity index (χ0n) is 16.5. The molecule has 0 aliphatic heterocycles. The number of esters is 2. The normalized spacial score (nSPS) is 20.8. The van der Waals surface area contributed by atoms with E-state index in [2.05, 4.69) is 0 Å². The lowest BCUT2D eigenvalue weighted by Gasteiger charge is -2.27. The van der Waals surface area contributed by atoms with E-state index in [1.807, 2.05) is 27.7 Å². The van der Waals surface area contributed by atoms with E-state index in [1.165, 1.54) is 0 Å². The van der Waals surface area contributed by atoms with Crippen LogP contribution in [0.2, 0.25) is 0 Å². The number of unbranched alkanes of at least 4 members (excludes halogenated alkanes) is 1. The number of hydrogen-bond acceptors (Lipinski definition) is 5. The van der Waals surface area contributed by atoms with E-state index >= 15 is 0 Å². The molecule has 5 nitrogen and oxygen atoms in total. The minimum Gasteiger partial charge on any atom is -0.466 e. The molecule has 0 amide bonds. The van der Waals surface area contributed by atoms with E-state index < -0.39 is 5.41 Å². The van der Waals surface area contributed by atoms with Crippen LogP contribution in [0.1, 0.15) is 86.0 Å². The van der Waals surface area contributed by atoms with Crippen LogP contribution >= 0.6 is 0 Å². The summed E-state index contributed by atoms with van der Waals surface area (Å²) in [4.78, 5) is 36.5. The topological polar surface area (TPSA) is 69.7 Å². The molecule has 0 radical (unpaired) electrons. The second kappa shape index (κ2) is 9.35. The molecule has 144 valence electrons. The predicted molar refractivity (Wildman–Crippen MR) is 96.0 cm³/mol. The Hall–Kier alpha value is -1.39. The van der Waals surface area contributed by atoms with Crippen LogP contribution in [-0.4, -0.2) is 30.4 Å². The van der Waals surface area contributed by atoms with Gasteiger partial charge in [-0.2, -0.15) is 0 Å². The van der Waals surface area contributed by atoms with Gasteiger partial charge < -0.3 is 9.47 Å². The molecular weight excluding hydrogens is 320 g/mol. The lowest BCUT2D eigenvalue weighted by molar-refractivity contribution is -0.163. The molecule has 1 fully saturated rings. The van der Waals surface area contributed by atoms with Gasteiger partial charge in [0.2, 0.25) is 0 Å². The first-order chi connectivity index (χ1) is 11.6. The summed E-state index contributed by atoms with van der Waals surface area (Å²) in [6.45, 7) is 9.92. The fourth-order valence-corrected chi connectivity index (χ4v) is 3.56. The first-order valence-electron chi connectivity index (χ1n) is 9.53. The summed E-state index contributed by atoms with van der Waals surface area (Å²) in [5.74, 6) is -0.491.